The normalized spacial score (nSPS) is 12.4. The zero-order valence-electron chi connectivity index (χ0n) is 45.8. The zero-order valence-corrected chi connectivity index (χ0v) is 45.8. The van der Waals surface area contributed by atoms with E-state index in [0.29, 0.717) is 19.3 Å². The number of rotatable bonds is 54. The molecule has 0 aromatic rings. The van der Waals surface area contributed by atoms with Crippen LogP contribution in [0.2, 0.25) is 0 Å². The number of carbonyl (C=O) groups excluding carboxylic acids is 3. The van der Waals surface area contributed by atoms with Crippen LogP contribution < -0.4 is 0 Å². The van der Waals surface area contributed by atoms with E-state index in [1.165, 1.54) is 199 Å². The summed E-state index contributed by atoms with van der Waals surface area (Å²) in [4.78, 5) is 38.2. The van der Waals surface area contributed by atoms with E-state index in [2.05, 4.69) is 81.5 Å². The third kappa shape index (κ3) is 55.9. The van der Waals surface area contributed by atoms with Crippen LogP contribution in [0.4, 0.5) is 0 Å². The van der Waals surface area contributed by atoms with Gasteiger partial charge >= 0.3 is 17.9 Å². The molecule has 0 aliphatic heterocycles. The SMILES string of the molecule is CCCCC/C=C\C=C/CCCCCCCCCCCCC(=O)OCC(COC(=O)CCCCCCCCCCCCCCCCC)OC(=O)CCC/C=C\C/C=C\C/C=C\CCCCCCCC. The molecule has 6 heteroatoms. The molecule has 0 bridgehead atoms. The summed E-state index contributed by atoms with van der Waals surface area (Å²) in [7, 11) is 0. The molecule has 0 aromatic heterocycles. The van der Waals surface area contributed by atoms with Gasteiger partial charge in [-0.2, -0.15) is 0 Å². The number of esters is 3. The first-order chi connectivity index (χ1) is 34.0. The molecule has 0 amide bonds. The van der Waals surface area contributed by atoms with E-state index in [1.807, 2.05) is 0 Å². The van der Waals surface area contributed by atoms with Crippen molar-refractivity contribution in [3.05, 3.63) is 60.8 Å². The minimum atomic E-state index is -0.800. The topological polar surface area (TPSA) is 78.9 Å². The molecule has 0 spiro atoms. The third-order valence-corrected chi connectivity index (χ3v) is 13.0. The second-order valence-electron chi connectivity index (χ2n) is 19.9. The Labute approximate surface area is 428 Å². The van der Waals surface area contributed by atoms with Crippen molar-refractivity contribution in [1.29, 1.82) is 0 Å². The fraction of sp³-hybridized carbons (Fsp3) is 0.794. The lowest BCUT2D eigenvalue weighted by molar-refractivity contribution is -0.167. The molecular formula is C63H112O6. The van der Waals surface area contributed by atoms with Gasteiger partial charge in [-0.25, -0.2) is 0 Å². The van der Waals surface area contributed by atoms with Crippen LogP contribution in [0.25, 0.3) is 0 Å². The number of hydrogen-bond acceptors (Lipinski definition) is 6. The standard InChI is InChI=1S/C63H112O6/c1-4-7-10-13-16-19-22-25-28-30-31-33-35-38-41-44-47-50-53-56-62(65)68-59-60(58-67-61(64)55-52-49-46-43-40-37-34-27-24-21-18-15-12-9-6-3)69-63(66)57-54-51-48-45-42-39-36-32-29-26-23-20-17-14-11-8-5-2/h16,19,22,25-26,29,36,39,45,48,60H,4-15,17-18,20-21,23-24,27-28,30-35,37-38,40-44,46-47,49-59H2,1-3H3/b19-16-,25-22-,29-26-,39-36-,48-45-. The van der Waals surface area contributed by atoms with E-state index < -0.39 is 6.10 Å². The van der Waals surface area contributed by atoms with Gasteiger partial charge in [0, 0.05) is 19.3 Å². The average molecular weight is 966 g/mol. The number of ether oxygens (including phenoxy) is 3. The Kier molecular flexibility index (Phi) is 55.3. The average Bonchev–Trinajstić information content (AvgIpc) is 3.35. The maximum atomic E-state index is 12.8. The van der Waals surface area contributed by atoms with Gasteiger partial charge in [0.2, 0.25) is 0 Å². The van der Waals surface area contributed by atoms with Gasteiger partial charge < -0.3 is 14.2 Å². The molecule has 0 aromatic carbocycles. The fourth-order valence-corrected chi connectivity index (χ4v) is 8.51. The van der Waals surface area contributed by atoms with Crippen LogP contribution in [-0.4, -0.2) is 37.2 Å². The number of carbonyl (C=O) groups is 3. The Morgan fingerprint density at radius 2 is 0.580 bits per heavy atom. The lowest BCUT2D eigenvalue weighted by atomic mass is 10.0. The highest BCUT2D eigenvalue weighted by molar-refractivity contribution is 5.71. The van der Waals surface area contributed by atoms with Gasteiger partial charge in [-0.05, 0) is 77.0 Å². The van der Waals surface area contributed by atoms with Gasteiger partial charge in [0.1, 0.15) is 13.2 Å². The summed E-state index contributed by atoms with van der Waals surface area (Å²) in [5.41, 5.74) is 0. The van der Waals surface area contributed by atoms with Crippen molar-refractivity contribution in [3.8, 4) is 0 Å². The monoisotopic (exact) mass is 965 g/mol. The molecule has 0 heterocycles. The first-order valence-electron chi connectivity index (χ1n) is 29.8. The van der Waals surface area contributed by atoms with Crippen molar-refractivity contribution < 1.29 is 28.6 Å². The molecule has 0 aliphatic carbocycles. The van der Waals surface area contributed by atoms with Crippen molar-refractivity contribution in [2.75, 3.05) is 13.2 Å². The zero-order chi connectivity index (χ0) is 50.0. The molecule has 1 atom stereocenters. The number of allylic oxidation sites excluding steroid dienone is 10. The Morgan fingerprint density at radius 1 is 0.304 bits per heavy atom. The fourth-order valence-electron chi connectivity index (χ4n) is 8.51. The molecule has 0 aliphatic rings. The molecule has 69 heavy (non-hydrogen) atoms. The molecule has 400 valence electrons. The highest BCUT2D eigenvalue weighted by Gasteiger charge is 2.19. The second kappa shape index (κ2) is 57.7. The summed E-state index contributed by atoms with van der Waals surface area (Å²) in [5.74, 6) is -0.935. The largest absolute Gasteiger partial charge is 0.462 e. The van der Waals surface area contributed by atoms with Crippen LogP contribution in [-0.2, 0) is 28.6 Å². The van der Waals surface area contributed by atoms with Gasteiger partial charge in [-0.15, -0.1) is 0 Å². The van der Waals surface area contributed by atoms with Gasteiger partial charge in [0.25, 0.3) is 0 Å². The molecule has 0 saturated heterocycles. The smallest absolute Gasteiger partial charge is 0.306 e. The van der Waals surface area contributed by atoms with Crippen LogP contribution in [0.3, 0.4) is 0 Å². The molecule has 0 N–H and O–H groups in total. The van der Waals surface area contributed by atoms with Crippen molar-refractivity contribution in [3.63, 3.8) is 0 Å². The molecule has 1 unspecified atom stereocenters. The van der Waals surface area contributed by atoms with E-state index in [-0.39, 0.29) is 37.5 Å². The van der Waals surface area contributed by atoms with E-state index in [9.17, 15) is 14.4 Å². The number of unbranched alkanes of at least 4 members (excludes halogenated alkanes) is 34. The van der Waals surface area contributed by atoms with Gasteiger partial charge in [0.05, 0.1) is 0 Å². The van der Waals surface area contributed by atoms with Crippen molar-refractivity contribution in [2.24, 2.45) is 0 Å². The lowest BCUT2D eigenvalue weighted by Gasteiger charge is -2.18. The number of hydrogen-bond donors (Lipinski definition) is 0. The molecular weight excluding hydrogens is 853 g/mol. The minimum absolute atomic E-state index is 0.0923. The Bertz CT molecular complexity index is 1250. The van der Waals surface area contributed by atoms with E-state index in [0.717, 1.165) is 57.8 Å². The first kappa shape index (κ1) is 66.1. The van der Waals surface area contributed by atoms with E-state index in [1.54, 1.807) is 0 Å². The summed E-state index contributed by atoms with van der Waals surface area (Å²) < 4.78 is 16.8. The lowest BCUT2D eigenvalue weighted by Crippen LogP contribution is -2.30. The van der Waals surface area contributed by atoms with Crippen LogP contribution in [0.1, 0.15) is 303 Å². The predicted octanol–water partition coefficient (Wildman–Crippen LogP) is 20.0. The predicted molar refractivity (Wildman–Crippen MR) is 298 cm³/mol. The summed E-state index contributed by atoms with van der Waals surface area (Å²) >= 11 is 0. The van der Waals surface area contributed by atoms with Crippen LogP contribution in [0.5, 0.6) is 0 Å². The quantitative estimate of drug-likeness (QED) is 0.0199. The minimum Gasteiger partial charge on any atom is -0.462 e. The molecule has 0 saturated carbocycles. The van der Waals surface area contributed by atoms with Gasteiger partial charge in [-0.3, -0.25) is 14.4 Å². The van der Waals surface area contributed by atoms with Crippen molar-refractivity contribution in [1.82, 2.24) is 0 Å². The molecule has 0 radical (unpaired) electrons. The van der Waals surface area contributed by atoms with E-state index >= 15 is 0 Å². The van der Waals surface area contributed by atoms with Gasteiger partial charge in [0.15, 0.2) is 6.10 Å². The van der Waals surface area contributed by atoms with Crippen LogP contribution in [0.15, 0.2) is 60.8 Å². The van der Waals surface area contributed by atoms with Gasteiger partial charge in [-0.1, -0.05) is 268 Å². The Balaban J connectivity index is 4.42. The maximum Gasteiger partial charge on any atom is 0.306 e. The molecule has 0 rings (SSSR count). The summed E-state index contributed by atoms with van der Waals surface area (Å²) in [5, 5.41) is 0. The second-order valence-corrected chi connectivity index (χ2v) is 19.9. The highest BCUT2D eigenvalue weighted by Crippen LogP contribution is 2.16. The molecule has 0 fully saturated rings. The summed E-state index contributed by atoms with van der Waals surface area (Å²) in [6.07, 6.45) is 72.2. The Hall–Kier alpha value is -2.89. The van der Waals surface area contributed by atoms with Crippen LogP contribution >= 0.6 is 0 Å². The van der Waals surface area contributed by atoms with Crippen molar-refractivity contribution >= 4 is 17.9 Å². The third-order valence-electron chi connectivity index (χ3n) is 13.0. The summed E-state index contributed by atoms with van der Waals surface area (Å²) in [6.45, 7) is 6.60. The maximum absolute atomic E-state index is 12.8. The first-order valence-corrected chi connectivity index (χ1v) is 29.8. The summed E-state index contributed by atoms with van der Waals surface area (Å²) in [6, 6.07) is 0. The van der Waals surface area contributed by atoms with E-state index in [4.69, 9.17) is 14.2 Å². The molecule has 6 nitrogen and oxygen atoms in total. The van der Waals surface area contributed by atoms with Crippen LogP contribution in [0, 0.1) is 0 Å². The Morgan fingerprint density at radius 3 is 0.971 bits per heavy atom. The highest BCUT2D eigenvalue weighted by atomic mass is 16.6. The van der Waals surface area contributed by atoms with Crippen molar-refractivity contribution in [2.45, 2.75) is 309 Å².